The van der Waals surface area contributed by atoms with Crippen LogP contribution in [0.2, 0.25) is 0 Å². The molecule has 0 aromatic carbocycles. The number of hydrogen-bond donors (Lipinski definition) is 4. The van der Waals surface area contributed by atoms with Gasteiger partial charge in [-0.05, 0) is 74.8 Å². The SMILES string of the molecule is [2H]C([2H])([2H])O[C@]1(C)C[C@@H](C)C(=O)[C@H](C)[C@@H](O)[C@](C)(O)[C@@H](CC)OC(=O)[C@H](C)C(O[C@H]2C[C@@](C)(OC)[C@@H](O)[C@H](C)O2)[C@H](C)[C@H]1O[C@@H]1O[C@H](C)C[C@H](N(C)C([2H])([2H])[2H])[C@H]1O. The standard InChI is InChI=1S/C38H69NO13/c1-15-26-38(10,45)31(42)21(4)28(40)19(2)17-37(9,47-14)33(52-35-29(41)25(39(11)12)16-20(3)48-35)22(5)30(23(6)34(44)50-26)51-27-18-36(8,46-13)32(43)24(7)49-27/h19-27,29-33,35,41-43,45H,15-18H2,1-14H3/t19-,20-,21+,22+,23-,24+,25+,26-,27+,29-,30?,31-,32+,33-,35+,36-,37-,38-/m1/s1/i11D3,14D3. The number of carbonyl (C=O) groups excluding carboxylic acids is 2. The van der Waals surface area contributed by atoms with Crippen LogP contribution in [0.4, 0.5) is 0 Å². The summed E-state index contributed by atoms with van der Waals surface area (Å²) in [6, 6.07) is -1.01. The lowest BCUT2D eigenvalue weighted by atomic mass is 9.74. The van der Waals surface area contributed by atoms with E-state index in [4.69, 9.17) is 41.4 Å². The summed E-state index contributed by atoms with van der Waals surface area (Å²) in [6.07, 6.45) is -13.0. The van der Waals surface area contributed by atoms with Crippen molar-refractivity contribution < 1.29 is 71.4 Å². The minimum atomic E-state index is -3.12. The summed E-state index contributed by atoms with van der Waals surface area (Å²) in [5.41, 5.74) is -5.28. The number of aliphatic hydroxyl groups is 4. The second kappa shape index (κ2) is 17.7. The average molecular weight is 754 g/mol. The summed E-state index contributed by atoms with van der Waals surface area (Å²) < 4.78 is 91.8. The zero-order valence-electron chi connectivity index (χ0n) is 38.9. The third-order valence-electron chi connectivity index (χ3n) is 11.9. The highest BCUT2D eigenvalue weighted by molar-refractivity contribution is 5.83. The maximum absolute atomic E-state index is 14.3. The number of carbonyl (C=O) groups is 2. The number of esters is 1. The van der Waals surface area contributed by atoms with Gasteiger partial charge in [0.05, 0.1) is 51.8 Å². The van der Waals surface area contributed by atoms with Gasteiger partial charge >= 0.3 is 5.97 Å². The van der Waals surface area contributed by atoms with Crippen LogP contribution in [0.1, 0.15) is 103 Å². The van der Waals surface area contributed by atoms with Gasteiger partial charge in [-0.1, -0.05) is 27.7 Å². The van der Waals surface area contributed by atoms with Crippen molar-refractivity contribution in [3.05, 3.63) is 0 Å². The highest BCUT2D eigenvalue weighted by atomic mass is 16.7. The van der Waals surface area contributed by atoms with Gasteiger partial charge in [0.2, 0.25) is 0 Å². The lowest BCUT2D eigenvalue weighted by Crippen LogP contribution is -2.61. The van der Waals surface area contributed by atoms with Gasteiger partial charge in [0, 0.05) is 48.5 Å². The number of Topliss-reactive ketones (excluding diaryl/α,β-unsaturated/α-hetero) is 1. The van der Waals surface area contributed by atoms with E-state index in [9.17, 15) is 30.0 Å². The van der Waals surface area contributed by atoms with Gasteiger partial charge in [-0.15, -0.1) is 0 Å². The Morgan fingerprint density at radius 1 is 0.923 bits per heavy atom. The predicted molar refractivity (Wildman–Crippen MR) is 191 cm³/mol. The lowest BCUT2D eigenvalue weighted by Gasteiger charge is -2.50. The molecule has 14 heteroatoms. The van der Waals surface area contributed by atoms with E-state index in [0.29, 0.717) is 0 Å². The van der Waals surface area contributed by atoms with Gasteiger partial charge in [-0.25, -0.2) is 0 Å². The number of methoxy groups -OCH3 is 2. The van der Waals surface area contributed by atoms with Crippen LogP contribution in [-0.2, 0) is 42.7 Å². The van der Waals surface area contributed by atoms with Crippen LogP contribution < -0.4 is 0 Å². The van der Waals surface area contributed by atoms with Crippen LogP contribution in [0, 0.1) is 23.7 Å². The topological polar surface area (TPSA) is 183 Å². The molecule has 0 saturated carbocycles. The monoisotopic (exact) mass is 754 g/mol. The van der Waals surface area contributed by atoms with Crippen LogP contribution in [0.5, 0.6) is 0 Å². The first kappa shape index (κ1) is 36.3. The van der Waals surface area contributed by atoms with Crippen LogP contribution in [0.15, 0.2) is 0 Å². The smallest absolute Gasteiger partial charge is 0.311 e. The fraction of sp³-hybridized carbons (Fsp3) is 0.947. The lowest BCUT2D eigenvalue weighted by molar-refractivity contribution is -0.319. The van der Waals surface area contributed by atoms with Crippen molar-refractivity contribution in [2.75, 3.05) is 28.2 Å². The van der Waals surface area contributed by atoms with E-state index in [1.807, 2.05) is 0 Å². The molecule has 0 aromatic heterocycles. The van der Waals surface area contributed by atoms with Gasteiger partial charge in [0.25, 0.3) is 0 Å². The number of likely N-dealkylation sites (N-methyl/N-ethyl adjacent to an activating group) is 1. The molecular weight excluding hydrogens is 678 g/mol. The molecule has 0 radical (unpaired) electrons. The fourth-order valence-electron chi connectivity index (χ4n) is 8.36. The number of hydrogen-bond acceptors (Lipinski definition) is 14. The summed E-state index contributed by atoms with van der Waals surface area (Å²) in [5, 5.41) is 45.9. The Morgan fingerprint density at radius 3 is 2.15 bits per heavy atom. The fourth-order valence-corrected chi connectivity index (χ4v) is 8.36. The van der Waals surface area contributed by atoms with Gasteiger partial charge in [-0.2, -0.15) is 0 Å². The molecule has 52 heavy (non-hydrogen) atoms. The van der Waals surface area contributed by atoms with E-state index in [-0.39, 0.29) is 25.7 Å². The van der Waals surface area contributed by atoms with E-state index >= 15 is 0 Å². The molecule has 0 aliphatic carbocycles. The van der Waals surface area contributed by atoms with Crippen molar-refractivity contribution in [2.24, 2.45) is 23.7 Å². The minimum absolute atomic E-state index is 0.0262. The highest BCUT2D eigenvalue weighted by Gasteiger charge is 2.54. The molecule has 0 bridgehead atoms. The summed E-state index contributed by atoms with van der Waals surface area (Å²) in [7, 11) is -0.360. The van der Waals surface area contributed by atoms with Crippen molar-refractivity contribution in [2.45, 2.75) is 179 Å². The largest absolute Gasteiger partial charge is 0.459 e. The Balaban J connectivity index is 2.33. The van der Waals surface area contributed by atoms with Crippen molar-refractivity contribution >= 4 is 11.8 Å². The number of cyclic esters (lactones) is 1. The van der Waals surface area contributed by atoms with E-state index in [0.717, 1.165) is 4.90 Å². The van der Waals surface area contributed by atoms with Gasteiger partial charge in [0.1, 0.15) is 29.7 Å². The highest BCUT2D eigenvalue weighted by Crippen LogP contribution is 2.41. The van der Waals surface area contributed by atoms with Crippen LogP contribution in [0.25, 0.3) is 0 Å². The first-order valence-corrected chi connectivity index (χ1v) is 18.5. The molecule has 0 spiro atoms. The number of ether oxygens (including phenoxy) is 7. The average Bonchev–Trinajstić information content (AvgIpc) is 3.11. The van der Waals surface area contributed by atoms with E-state index in [1.165, 1.54) is 48.8 Å². The Morgan fingerprint density at radius 2 is 1.58 bits per heavy atom. The number of rotatable bonds is 8. The van der Waals surface area contributed by atoms with Crippen molar-refractivity contribution in [3.8, 4) is 0 Å². The molecule has 304 valence electrons. The van der Waals surface area contributed by atoms with E-state index < -0.39 is 134 Å². The Labute approximate surface area is 319 Å². The first-order chi connectivity index (χ1) is 26.3. The molecular formula is C38H69NO13. The van der Waals surface area contributed by atoms with Gasteiger partial charge in [0.15, 0.2) is 12.6 Å². The summed E-state index contributed by atoms with van der Waals surface area (Å²) in [4.78, 5) is 29.4. The third kappa shape index (κ3) is 9.38. The maximum Gasteiger partial charge on any atom is 0.311 e. The third-order valence-corrected chi connectivity index (χ3v) is 11.9. The van der Waals surface area contributed by atoms with Crippen molar-refractivity contribution in [3.63, 3.8) is 0 Å². The summed E-state index contributed by atoms with van der Waals surface area (Å²) in [5.74, 6) is -6.11. The zero-order chi connectivity index (χ0) is 44.7. The maximum atomic E-state index is 14.3. The quantitative estimate of drug-likeness (QED) is 0.265. The van der Waals surface area contributed by atoms with Gasteiger partial charge < -0.3 is 58.5 Å². The van der Waals surface area contributed by atoms with Crippen LogP contribution >= 0.6 is 0 Å². The summed E-state index contributed by atoms with van der Waals surface area (Å²) in [6.45, 7) is 12.7. The molecule has 3 heterocycles. The van der Waals surface area contributed by atoms with Gasteiger partial charge in [-0.3, -0.25) is 9.59 Å². The molecule has 0 aromatic rings. The second-order valence-electron chi connectivity index (χ2n) is 16.2. The molecule has 14 nitrogen and oxygen atoms in total. The normalized spacial score (nSPS) is 51.2. The Hall–Kier alpha value is -1.30. The van der Waals surface area contributed by atoms with Crippen molar-refractivity contribution in [1.29, 1.82) is 0 Å². The Kier molecular flexibility index (Phi) is 12.3. The predicted octanol–water partition coefficient (Wildman–Crippen LogP) is 2.44. The molecule has 3 aliphatic rings. The Bertz CT molecular complexity index is 1390. The number of nitrogens with zero attached hydrogens (tertiary/aromatic N) is 1. The molecule has 3 aliphatic heterocycles. The summed E-state index contributed by atoms with van der Waals surface area (Å²) >= 11 is 0. The van der Waals surface area contributed by atoms with E-state index in [1.54, 1.807) is 34.6 Å². The molecule has 18 atom stereocenters. The first-order valence-electron chi connectivity index (χ1n) is 21.5. The molecule has 3 fully saturated rings. The molecule has 1 unspecified atom stereocenters. The minimum Gasteiger partial charge on any atom is -0.459 e. The van der Waals surface area contributed by atoms with Crippen LogP contribution in [0.3, 0.4) is 0 Å². The van der Waals surface area contributed by atoms with Crippen LogP contribution in [-0.4, -0.2) is 150 Å². The zero-order valence-corrected chi connectivity index (χ0v) is 32.9. The molecule has 3 rings (SSSR count). The molecule has 3 saturated heterocycles. The molecule has 0 amide bonds. The number of aliphatic hydroxyl groups excluding tert-OH is 3. The second-order valence-corrected chi connectivity index (χ2v) is 16.2. The number of ketones is 1. The molecule has 4 N–H and O–H groups in total. The van der Waals surface area contributed by atoms with E-state index in [2.05, 4.69) is 0 Å². The van der Waals surface area contributed by atoms with Crippen molar-refractivity contribution in [1.82, 2.24) is 4.90 Å².